The van der Waals surface area contributed by atoms with Crippen molar-refractivity contribution >= 4 is 46.7 Å². The fourth-order valence-corrected chi connectivity index (χ4v) is 3.12. The second kappa shape index (κ2) is 7.35. The molecule has 0 saturated carbocycles. The highest BCUT2D eigenvalue weighted by molar-refractivity contribution is 6.42. The topological polar surface area (TPSA) is 86.7 Å². The number of aliphatic carboxylic acids is 1. The third-order valence-corrected chi connectivity index (χ3v) is 4.91. The first-order chi connectivity index (χ1) is 12.4. The Morgan fingerprint density at radius 3 is 2.38 bits per heavy atom. The summed E-state index contributed by atoms with van der Waals surface area (Å²) in [6.07, 6.45) is 0. The van der Waals surface area contributed by atoms with E-state index in [1.54, 1.807) is 30.3 Å². The van der Waals surface area contributed by atoms with Gasteiger partial charge in [0, 0.05) is 17.8 Å². The van der Waals surface area contributed by atoms with Crippen LogP contribution in [0.4, 0.5) is 5.69 Å². The molecule has 3 rings (SSSR count). The molecule has 1 saturated heterocycles. The predicted octanol–water partition coefficient (Wildman–Crippen LogP) is 2.84. The number of benzene rings is 2. The van der Waals surface area contributed by atoms with Crippen molar-refractivity contribution in [2.45, 2.75) is 6.04 Å². The van der Waals surface area contributed by atoms with Crippen molar-refractivity contribution in [1.82, 2.24) is 5.32 Å². The van der Waals surface area contributed by atoms with E-state index < -0.39 is 29.7 Å². The number of nitrogens with one attached hydrogen (secondary N) is 1. The SMILES string of the molecule is O=C(N[C@@H]1C(=O)N(c2ccccc2)C[C@H]1C(=O)O)c1ccc(Cl)c(Cl)c1. The number of carbonyl (C=O) groups excluding carboxylic acids is 2. The van der Waals surface area contributed by atoms with Gasteiger partial charge in [0.2, 0.25) is 0 Å². The standard InChI is InChI=1S/C18H14Cl2N2O4/c19-13-7-6-10(8-14(13)20)16(23)21-15-12(18(25)26)9-22(17(15)24)11-4-2-1-3-5-11/h1-8,12,15H,9H2,(H,21,23)(H,25,26)/t12-,15+/m1/s1. The highest BCUT2D eigenvalue weighted by atomic mass is 35.5. The van der Waals surface area contributed by atoms with E-state index in [2.05, 4.69) is 5.32 Å². The number of carboxylic acids is 1. The van der Waals surface area contributed by atoms with Crippen LogP contribution in [0.1, 0.15) is 10.4 Å². The predicted molar refractivity (Wildman–Crippen MR) is 97.6 cm³/mol. The second-order valence-corrected chi connectivity index (χ2v) is 6.62. The molecule has 1 aliphatic heterocycles. The van der Waals surface area contributed by atoms with Crippen molar-refractivity contribution in [3.8, 4) is 0 Å². The van der Waals surface area contributed by atoms with Crippen molar-refractivity contribution in [3.63, 3.8) is 0 Å². The lowest BCUT2D eigenvalue weighted by atomic mass is 10.0. The Morgan fingerprint density at radius 1 is 1.08 bits per heavy atom. The maximum Gasteiger partial charge on any atom is 0.310 e. The van der Waals surface area contributed by atoms with E-state index in [0.717, 1.165) is 0 Å². The normalized spacial score (nSPS) is 19.5. The molecule has 0 unspecified atom stereocenters. The van der Waals surface area contributed by atoms with Gasteiger partial charge >= 0.3 is 5.97 Å². The third kappa shape index (κ3) is 3.52. The average molecular weight is 393 g/mol. The smallest absolute Gasteiger partial charge is 0.310 e. The average Bonchev–Trinajstić information content (AvgIpc) is 2.95. The zero-order chi connectivity index (χ0) is 18.8. The van der Waals surface area contributed by atoms with Gasteiger partial charge in [0.05, 0.1) is 10.0 Å². The molecule has 2 aromatic carbocycles. The Morgan fingerprint density at radius 2 is 1.77 bits per heavy atom. The molecular weight excluding hydrogens is 379 g/mol. The van der Waals surface area contributed by atoms with E-state index in [1.807, 2.05) is 0 Å². The third-order valence-electron chi connectivity index (χ3n) is 4.17. The highest BCUT2D eigenvalue weighted by Crippen LogP contribution is 2.27. The minimum atomic E-state index is -1.17. The van der Waals surface area contributed by atoms with Crippen LogP contribution >= 0.6 is 23.2 Å². The van der Waals surface area contributed by atoms with Gasteiger partial charge in [-0.25, -0.2) is 0 Å². The van der Waals surface area contributed by atoms with Crippen LogP contribution in [0, 0.1) is 5.92 Å². The van der Waals surface area contributed by atoms with E-state index in [4.69, 9.17) is 23.2 Å². The van der Waals surface area contributed by atoms with E-state index in [-0.39, 0.29) is 17.1 Å². The van der Waals surface area contributed by atoms with Crippen LogP contribution in [-0.4, -0.2) is 35.5 Å². The van der Waals surface area contributed by atoms with Crippen LogP contribution in [0.5, 0.6) is 0 Å². The minimum absolute atomic E-state index is 0.0233. The van der Waals surface area contributed by atoms with Gasteiger partial charge in [-0.1, -0.05) is 41.4 Å². The Labute approximate surface area is 159 Å². The summed E-state index contributed by atoms with van der Waals surface area (Å²) in [5.74, 6) is -3.29. The van der Waals surface area contributed by atoms with E-state index in [0.29, 0.717) is 10.7 Å². The van der Waals surface area contributed by atoms with Gasteiger partial charge in [0.1, 0.15) is 12.0 Å². The quantitative estimate of drug-likeness (QED) is 0.837. The molecule has 26 heavy (non-hydrogen) atoms. The van der Waals surface area contributed by atoms with E-state index in [1.165, 1.54) is 23.1 Å². The fourth-order valence-electron chi connectivity index (χ4n) is 2.82. The van der Waals surface area contributed by atoms with Crippen LogP contribution in [-0.2, 0) is 9.59 Å². The lowest BCUT2D eigenvalue weighted by Gasteiger charge is -2.17. The van der Waals surface area contributed by atoms with Crippen LogP contribution in [0.25, 0.3) is 0 Å². The van der Waals surface area contributed by atoms with Crippen molar-refractivity contribution in [3.05, 3.63) is 64.1 Å². The largest absolute Gasteiger partial charge is 0.481 e. The second-order valence-electron chi connectivity index (χ2n) is 5.81. The van der Waals surface area contributed by atoms with E-state index in [9.17, 15) is 19.5 Å². The molecule has 0 radical (unpaired) electrons. The number of para-hydroxylation sites is 1. The summed E-state index contributed by atoms with van der Waals surface area (Å²) in [7, 11) is 0. The maximum absolute atomic E-state index is 12.7. The zero-order valence-corrected chi connectivity index (χ0v) is 14.9. The van der Waals surface area contributed by atoms with Gasteiger partial charge in [-0.2, -0.15) is 0 Å². The van der Waals surface area contributed by atoms with Gasteiger partial charge in [0.25, 0.3) is 11.8 Å². The van der Waals surface area contributed by atoms with Crippen molar-refractivity contribution in [2.24, 2.45) is 5.92 Å². The number of halogens is 2. The van der Waals surface area contributed by atoms with Crippen LogP contribution in [0.15, 0.2) is 48.5 Å². The molecule has 2 N–H and O–H groups in total. The summed E-state index contributed by atoms with van der Waals surface area (Å²) in [5.41, 5.74) is 0.768. The lowest BCUT2D eigenvalue weighted by Crippen LogP contribution is -2.46. The number of rotatable bonds is 4. The molecule has 0 aliphatic carbocycles. The van der Waals surface area contributed by atoms with Crippen molar-refractivity contribution < 1.29 is 19.5 Å². The molecular formula is C18H14Cl2N2O4. The van der Waals surface area contributed by atoms with Gasteiger partial charge in [-0.15, -0.1) is 0 Å². The van der Waals surface area contributed by atoms with E-state index >= 15 is 0 Å². The molecule has 1 fully saturated rings. The Balaban J connectivity index is 1.84. The monoisotopic (exact) mass is 392 g/mol. The molecule has 2 aromatic rings. The summed E-state index contributed by atoms with van der Waals surface area (Å²) in [4.78, 5) is 38.1. The molecule has 134 valence electrons. The molecule has 0 bridgehead atoms. The number of amides is 2. The summed E-state index contributed by atoms with van der Waals surface area (Å²) in [6, 6.07) is 11.8. The summed E-state index contributed by atoms with van der Waals surface area (Å²) in [5, 5.41) is 12.5. The fraction of sp³-hybridized carbons (Fsp3) is 0.167. The van der Waals surface area contributed by atoms with Crippen LogP contribution in [0.3, 0.4) is 0 Å². The van der Waals surface area contributed by atoms with Gasteiger partial charge < -0.3 is 15.3 Å². The molecule has 6 nitrogen and oxygen atoms in total. The number of nitrogens with zero attached hydrogens (tertiary/aromatic N) is 1. The van der Waals surface area contributed by atoms with Gasteiger partial charge in [-0.05, 0) is 30.3 Å². The number of carboxylic acid groups (broad SMARTS) is 1. The van der Waals surface area contributed by atoms with Crippen molar-refractivity contribution in [1.29, 1.82) is 0 Å². The first-order valence-corrected chi connectivity index (χ1v) is 8.49. The molecule has 8 heteroatoms. The number of anilines is 1. The number of hydrogen-bond donors (Lipinski definition) is 2. The summed E-state index contributed by atoms with van der Waals surface area (Å²) >= 11 is 11.7. The van der Waals surface area contributed by atoms with Gasteiger partial charge in [-0.3, -0.25) is 14.4 Å². The Hall–Kier alpha value is -2.57. The first kappa shape index (κ1) is 18.2. The molecule has 2 amide bonds. The number of hydrogen-bond acceptors (Lipinski definition) is 3. The maximum atomic E-state index is 12.7. The molecule has 2 atom stereocenters. The summed E-state index contributed by atoms with van der Waals surface area (Å²) < 4.78 is 0. The molecule has 0 aromatic heterocycles. The number of carbonyl (C=O) groups is 3. The lowest BCUT2D eigenvalue weighted by molar-refractivity contribution is -0.142. The molecule has 1 aliphatic rings. The zero-order valence-electron chi connectivity index (χ0n) is 13.4. The Bertz CT molecular complexity index is 873. The minimum Gasteiger partial charge on any atom is -0.481 e. The molecule has 0 spiro atoms. The highest BCUT2D eigenvalue weighted by Gasteiger charge is 2.45. The van der Waals surface area contributed by atoms with Crippen LogP contribution < -0.4 is 10.2 Å². The van der Waals surface area contributed by atoms with Crippen LogP contribution in [0.2, 0.25) is 10.0 Å². The van der Waals surface area contributed by atoms with Gasteiger partial charge in [0.15, 0.2) is 0 Å². The Kier molecular flexibility index (Phi) is 5.15. The first-order valence-electron chi connectivity index (χ1n) is 7.73. The van der Waals surface area contributed by atoms with Crippen molar-refractivity contribution in [2.75, 3.05) is 11.4 Å². The molecule has 1 heterocycles. The summed E-state index contributed by atoms with van der Waals surface area (Å²) in [6.45, 7) is -0.0233.